The number of ether oxygens (including phenoxy) is 1. The summed E-state index contributed by atoms with van der Waals surface area (Å²) in [6.45, 7) is 0.520. The van der Waals surface area contributed by atoms with Gasteiger partial charge in [0, 0.05) is 18.7 Å². The van der Waals surface area contributed by atoms with E-state index in [1.54, 1.807) is 12.1 Å². The van der Waals surface area contributed by atoms with Crippen LogP contribution in [0.15, 0.2) is 18.2 Å². The van der Waals surface area contributed by atoms with Gasteiger partial charge in [-0.15, -0.1) is 0 Å². The Labute approximate surface area is 120 Å². The number of benzene rings is 1. The second kappa shape index (κ2) is 6.02. The average Bonchev–Trinajstić information content (AvgIpc) is 2.64. The molecular formula is C13H13ClN2O4. The van der Waals surface area contributed by atoms with Gasteiger partial charge in [0.15, 0.2) is 0 Å². The Balaban J connectivity index is 2.12. The quantitative estimate of drug-likeness (QED) is 0.639. The van der Waals surface area contributed by atoms with Crippen molar-refractivity contribution < 1.29 is 19.1 Å². The third-order valence-electron chi connectivity index (χ3n) is 2.86. The Kier molecular flexibility index (Phi) is 4.36. The minimum absolute atomic E-state index is 0.205. The first kappa shape index (κ1) is 14.5. The Morgan fingerprint density at radius 2 is 2.15 bits per heavy atom. The Hall–Kier alpha value is -1.92. The Morgan fingerprint density at radius 1 is 1.40 bits per heavy atom. The third-order valence-corrected chi connectivity index (χ3v) is 3.10. The number of anilines is 1. The molecule has 106 valence electrons. The molecule has 1 aliphatic rings. The van der Waals surface area contributed by atoms with Gasteiger partial charge in [-0.1, -0.05) is 11.6 Å². The number of carbonyl (C=O) groups is 3. The summed E-state index contributed by atoms with van der Waals surface area (Å²) in [6.07, 6.45) is 0. The molecule has 0 radical (unpaired) electrons. The standard InChI is InChI=1S/C13H13ClN2O4/c1-20-5-4-15-11(17)7-16-10-3-2-8(14)6-9(10)12(18)13(16)19/h2-3,6H,4-5,7H2,1H3,(H,15,17). The number of nitrogens with one attached hydrogen (secondary N) is 1. The summed E-state index contributed by atoms with van der Waals surface area (Å²) < 4.78 is 4.81. The lowest BCUT2D eigenvalue weighted by Gasteiger charge is -2.16. The average molecular weight is 297 g/mol. The van der Waals surface area contributed by atoms with Crippen molar-refractivity contribution in [1.82, 2.24) is 5.32 Å². The van der Waals surface area contributed by atoms with Crippen LogP contribution in [0.2, 0.25) is 5.02 Å². The van der Waals surface area contributed by atoms with Gasteiger partial charge in [0.1, 0.15) is 6.54 Å². The smallest absolute Gasteiger partial charge is 0.299 e. The van der Waals surface area contributed by atoms with Crippen LogP contribution in [0.25, 0.3) is 0 Å². The van der Waals surface area contributed by atoms with Crippen molar-refractivity contribution >= 4 is 34.9 Å². The van der Waals surface area contributed by atoms with E-state index in [0.717, 1.165) is 4.90 Å². The van der Waals surface area contributed by atoms with Crippen molar-refractivity contribution in [3.8, 4) is 0 Å². The van der Waals surface area contributed by atoms with E-state index in [2.05, 4.69) is 5.32 Å². The summed E-state index contributed by atoms with van der Waals surface area (Å²) in [7, 11) is 1.52. The van der Waals surface area contributed by atoms with Gasteiger partial charge in [0.2, 0.25) is 5.91 Å². The highest BCUT2D eigenvalue weighted by Gasteiger charge is 2.36. The zero-order valence-electron chi connectivity index (χ0n) is 10.8. The monoisotopic (exact) mass is 296 g/mol. The first-order chi connectivity index (χ1) is 9.54. The number of halogens is 1. The highest BCUT2D eigenvalue weighted by molar-refractivity contribution is 6.53. The first-order valence-electron chi connectivity index (χ1n) is 5.96. The molecule has 6 nitrogen and oxygen atoms in total. The molecule has 0 saturated heterocycles. The molecule has 0 spiro atoms. The molecule has 0 aliphatic carbocycles. The van der Waals surface area contributed by atoms with Gasteiger partial charge < -0.3 is 10.1 Å². The largest absolute Gasteiger partial charge is 0.383 e. The van der Waals surface area contributed by atoms with E-state index in [-0.39, 0.29) is 18.0 Å². The number of fused-ring (bicyclic) bond motifs is 1. The van der Waals surface area contributed by atoms with Crippen LogP contribution in [0.3, 0.4) is 0 Å². The first-order valence-corrected chi connectivity index (χ1v) is 6.33. The van der Waals surface area contributed by atoms with E-state index in [9.17, 15) is 14.4 Å². The summed E-state index contributed by atoms with van der Waals surface area (Å²) in [5.41, 5.74) is 0.637. The molecule has 0 bridgehead atoms. The number of hydrogen-bond donors (Lipinski definition) is 1. The number of ketones is 1. The minimum atomic E-state index is -0.718. The van der Waals surface area contributed by atoms with E-state index in [0.29, 0.717) is 23.9 Å². The van der Waals surface area contributed by atoms with E-state index in [1.807, 2.05) is 0 Å². The number of nitrogens with zero attached hydrogens (tertiary/aromatic N) is 1. The summed E-state index contributed by atoms with van der Waals surface area (Å²) in [6, 6.07) is 4.56. The molecule has 20 heavy (non-hydrogen) atoms. The molecule has 2 amide bonds. The van der Waals surface area contributed by atoms with Crippen LogP contribution < -0.4 is 10.2 Å². The molecular weight excluding hydrogens is 284 g/mol. The SMILES string of the molecule is COCCNC(=O)CN1C(=O)C(=O)c2cc(Cl)ccc21. The van der Waals surface area contributed by atoms with Crippen LogP contribution in [-0.4, -0.2) is 44.4 Å². The number of methoxy groups -OCH3 is 1. The predicted molar refractivity (Wildman–Crippen MR) is 73.0 cm³/mol. The fraction of sp³-hybridized carbons (Fsp3) is 0.308. The second-order valence-corrected chi connectivity index (χ2v) is 4.66. The minimum Gasteiger partial charge on any atom is -0.383 e. The highest BCUT2D eigenvalue weighted by Crippen LogP contribution is 2.30. The molecule has 1 heterocycles. The molecule has 0 atom stereocenters. The maximum Gasteiger partial charge on any atom is 0.299 e. The van der Waals surface area contributed by atoms with Crippen LogP contribution in [0, 0.1) is 0 Å². The lowest BCUT2D eigenvalue weighted by atomic mass is 10.1. The molecule has 2 rings (SSSR count). The summed E-state index contributed by atoms with van der Waals surface area (Å²) in [4.78, 5) is 36.5. The van der Waals surface area contributed by atoms with Crippen molar-refractivity contribution in [2.45, 2.75) is 0 Å². The molecule has 0 unspecified atom stereocenters. The molecule has 7 heteroatoms. The summed E-state index contributed by atoms with van der Waals surface area (Å²) in [5.74, 6) is -1.72. The van der Waals surface area contributed by atoms with Crippen LogP contribution in [0.5, 0.6) is 0 Å². The van der Waals surface area contributed by atoms with Gasteiger partial charge in [0.05, 0.1) is 17.9 Å². The lowest BCUT2D eigenvalue weighted by molar-refractivity contribution is -0.122. The van der Waals surface area contributed by atoms with Crippen LogP contribution in [-0.2, 0) is 14.3 Å². The normalized spacial score (nSPS) is 13.6. The molecule has 1 N–H and O–H groups in total. The van der Waals surface area contributed by atoms with Gasteiger partial charge in [-0.2, -0.15) is 0 Å². The van der Waals surface area contributed by atoms with Crippen LogP contribution >= 0.6 is 11.6 Å². The van der Waals surface area contributed by atoms with Crippen molar-refractivity contribution in [2.24, 2.45) is 0 Å². The second-order valence-electron chi connectivity index (χ2n) is 4.22. The topological polar surface area (TPSA) is 75.7 Å². The predicted octanol–water partition coefficient (Wildman–Crippen LogP) is 0.632. The molecule has 0 aromatic heterocycles. The van der Waals surface area contributed by atoms with Crippen molar-refractivity contribution in [3.63, 3.8) is 0 Å². The van der Waals surface area contributed by atoms with Crippen molar-refractivity contribution in [3.05, 3.63) is 28.8 Å². The fourth-order valence-corrected chi connectivity index (χ4v) is 2.09. The van der Waals surface area contributed by atoms with E-state index >= 15 is 0 Å². The van der Waals surface area contributed by atoms with Crippen molar-refractivity contribution in [1.29, 1.82) is 0 Å². The van der Waals surface area contributed by atoms with Gasteiger partial charge in [0.25, 0.3) is 11.7 Å². The van der Waals surface area contributed by atoms with Crippen LogP contribution in [0.4, 0.5) is 5.69 Å². The number of rotatable bonds is 5. The van der Waals surface area contributed by atoms with Crippen molar-refractivity contribution in [2.75, 3.05) is 31.7 Å². The summed E-state index contributed by atoms with van der Waals surface area (Å²) in [5, 5.41) is 2.96. The van der Waals surface area contributed by atoms with Gasteiger partial charge >= 0.3 is 0 Å². The molecule has 0 saturated carbocycles. The zero-order valence-corrected chi connectivity index (χ0v) is 11.6. The van der Waals surface area contributed by atoms with E-state index in [4.69, 9.17) is 16.3 Å². The maximum atomic E-state index is 11.9. The van der Waals surface area contributed by atoms with E-state index < -0.39 is 11.7 Å². The van der Waals surface area contributed by atoms with Gasteiger partial charge in [-0.05, 0) is 18.2 Å². The maximum absolute atomic E-state index is 11.9. The van der Waals surface area contributed by atoms with Crippen LogP contribution in [0.1, 0.15) is 10.4 Å². The lowest BCUT2D eigenvalue weighted by Crippen LogP contribution is -2.41. The number of Topliss-reactive ketones (excluding diaryl/α,β-unsaturated/α-hetero) is 1. The number of amides is 2. The van der Waals surface area contributed by atoms with E-state index in [1.165, 1.54) is 13.2 Å². The third kappa shape index (κ3) is 2.81. The van der Waals surface area contributed by atoms with Gasteiger partial charge in [-0.25, -0.2) is 0 Å². The Morgan fingerprint density at radius 3 is 2.85 bits per heavy atom. The zero-order chi connectivity index (χ0) is 14.7. The molecule has 1 aromatic carbocycles. The Bertz CT molecular complexity index is 573. The molecule has 1 aliphatic heterocycles. The summed E-state index contributed by atoms with van der Waals surface area (Å²) >= 11 is 5.80. The van der Waals surface area contributed by atoms with Gasteiger partial charge in [-0.3, -0.25) is 19.3 Å². The molecule has 1 aromatic rings. The number of hydrogen-bond acceptors (Lipinski definition) is 4. The highest BCUT2D eigenvalue weighted by atomic mass is 35.5. The molecule has 0 fully saturated rings. The fourth-order valence-electron chi connectivity index (χ4n) is 1.92. The number of carbonyl (C=O) groups excluding carboxylic acids is 3.